The van der Waals surface area contributed by atoms with E-state index in [1.165, 1.54) is 5.56 Å². The van der Waals surface area contributed by atoms with Gasteiger partial charge in [-0.25, -0.2) is 0 Å². The lowest BCUT2D eigenvalue weighted by atomic mass is 9.89. The number of pyridine rings is 1. The zero-order valence-corrected chi connectivity index (χ0v) is 21.1. The smallest absolute Gasteiger partial charge is 0.253 e. The zero-order valence-electron chi connectivity index (χ0n) is 21.1. The second-order valence-electron chi connectivity index (χ2n) is 9.26. The third-order valence-electron chi connectivity index (χ3n) is 6.73. The van der Waals surface area contributed by atoms with Crippen LogP contribution in [0, 0.1) is 13.8 Å². The van der Waals surface area contributed by atoms with Crippen molar-refractivity contribution in [2.75, 3.05) is 27.3 Å². The average molecular weight is 474 g/mol. The van der Waals surface area contributed by atoms with Gasteiger partial charge in [0, 0.05) is 30.3 Å². The predicted molar refractivity (Wildman–Crippen MR) is 138 cm³/mol. The Morgan fingerprint density at radius 3 is 2.43 bits per heavy atom. The Morgan fingerprint density at radius 2 is 1.74 bits per heavy atom. The molecule has 1 N–H and O–H groups in total. The van der Waals surface area contributed by atoms with E-state index in [-0.39, 0.29) is 11.8 Å². The number of benzene rings is 2. The minimum absolute atomic E-state index is 0.0587. The molecular formula is C29H35N3O3. The molecule has 0 atom stereocenters. The maximum atomic E-state index is 13.1. The van der Waals surface area contributed by atoms with E-state index in [4.69, 9.17) is 14.5 Å². The summed E-state index contributed by atoms with van der Waals surface area (Å²) >= 11 is 0. The number of hydrogen-bond donors (Lipinski definition) is 1. The number of aromatic nitrogens is 1. The van der Waals surface area contributed by atoms with Crippen LogP contribution in [0.5, 0.6) is 11.5 Å². The fourth-order valence-electron chi connectivity index (χ4n) is 4.75. The van der Waals surface area contributed by atoms with Crippen molar-refractivity contribution in [2.45, 2.75) is 45.7 Å². The summed E-state index contributed by atoms with van der Waals surface area (Å²) in [5, 5.41) is 3.08. The second-order valence-corrected chi connectivity index (χ2v) is 9.26. The molecule has 1 aliphatic heterocycles. The summed E-state index contributed by atoms with van der Waals surface area (Å²) in [6.07, 6.45) is 1.92. The number of ether oxygens (including phenoxy) is 2. The quantitative estimate of drug-likeness (QED) is 0.497. The topological polar surface area (TPSA) is 63.7 Å². The van der Waals surface area contributed by atoms with Crippen LogP contribution in [0.15, 0.2) is 54.6 Å². The highest BCUT2D eigenvalue weighted by molar-refractivity contribution is 5.95. The van der Waals surface area contributed by atoms with Gasteiger partial charge in [0.25, 0.3) is 5.91 Å². The highest BCUT2D eigenvalue weighted by Crippen LogP contribution is 2.34. The number of hydrogen-bond acceptors (Lipinski definition) is 5. The average Bonchev–Trinajstić information content (AvgIpc) is 2.88. The van der Waals surface area contributed by atoms with Crippen molar-refractivity contribution >= 4 is 5.91 Å². The number of piperidine rings is 1. The summed E-state index contributed by atoms with van der Waals surface area (Å²) in [5.41, 5.74) is 5.97. The Labute approximate surface area is 208 Å². The predicted octanol–water partition coefficient (Wildman–Crippen LogP) is 5.03. The van der Waals surface area contributed by atoms with Gasteiger partial charge in [0.15, 0.2) is 11.5 Å². The van der Waals surface area contributed by atoms with Crippen molar-refractivity contribution in [1.82, 2.24) is 15.2 Å². The first kappa shape index (κ1) is 24.7. The largest absolute Gasteiger partial charge is 0.493 e. The molecule has 0 saturated carbocycles. The van der Waals surface area contributed by atoms with Gasteiger partial charge in [0.2, 0.25) is 0 Å². The fourth-order valence-corrected chi connectivity index (χ4v) is 4.75. The third kappa shape index (κ3) is 6.01. The number of rotatable bonds is 8. The Bertz CT molecular complexity index is 1150. The van der Waals surface area contributed by atoms with Crippen molar-refractivity contribution in [3.63, 3.8) is 0 Å². The van der Waals surface area contributed by atoms with E-state index in [0.29, 0.717) is 12.1 Å². The van der Waals surface area contributed by atoms with Crippen molar-refractivity contribution in [2.24, 2.45) is 0 Å². The van der Waals surface area contributed by atoms with Gasteiger partial charge >= 0.3 is 0 Å². The van der Waals surface area contributed by atoms with Gasteiger partial charge in [0.1, 0.15) is 0 Å². The van der Waals surface area contributed by atoms with E-state index >= 15 is 0 Å². The molecule has 1 amide bonds. The monoisotopic (exact) mass is 473 g/mol. The van der Waals surface area contributed by atoms with Crippen LogP contribution in [0.4, 0.5) is 0 Å². The molecule has 0 unspecified atom stereocenters. The zero-order chi connectivity index (χ0) is 24.8. The van der Waals surface area contributed by atoms with Gasteiger partial charge in [-0.3, -0.25) is 14.7 Å². The Hall–Kier alpha value is -3.38. The molecule has 0 spiro atoms. The molecule has 0 radical (unpaired) electrons. The summed E-state index contributed by atoms with van der Waals surface area (Å²) in [6, 6.07) is 18.1. The van der Waals surface area contributed by atoms with Crippen molar-refractivity contribution in [3.8, 4) is 11.5 Å². The lowest BCUT2D eigenvalue weighted by Gasteiger charge is -2.32. The maximum absolute atomic E-state index is 13.1. The molecule has 1 aliphatic rings. The van der Waals surface area contributed by atoms with Gasteiger partial charge in [-0.15, -0.1) is 0 Å². The third-order valence-corrected chi connectivity index (χ3v) is 6.73. The van der Waals surface area contributed by atoms with E-state index in [0.717, 1.165) is 66.5 Å². The Morgan fingerprint density at radius 1 is 1.00 bits per heavy atom. The highest BCUT2D eigenvalue weighted by atomic mass is 16.5. The van der Waals surface area contributed by atoms with Crippen LogP contribution in [0.2, 0.25) is 0 Å². The number of likely N-dealkylation sites (tertiary alicyclic amines) is 1. The molecule has 3 aromatic rings. The maximum Gasteiger partial charge on any atom is 0.253 e. The lowest BCUT2D eigenvalue weighted by molar-refractivity contribution is 0.0948. The number of nitrogens with one attached hydrogen (secondary N) is 1. The molecule has 1 saturated heterocycles. The minimum Gasteiger partial charge on any atom is -0.493 e. The van der Waals surface area contributed by atoms with E-state index in [2.05, 4.69) is 47.5 Å². The molecular weight excluding hydrogens is 438 g/mol. The van der Waals surface area contributed by atoms with Crippen molar-refractivity contribution in [1.29, 1.82) is 0 Å². The standard InChI is InChI=1S/C29H35N3O3/c1-20-8-11-22(12-9-20)18-30-29(33)25-13-10-21(2)31-27(25)23-14-16-32(17-15-23)19-24-6-5-7-26(34-3)28(24)35-4/h5-13,23H,14-19H2,1-4H3,(H,30,33). The molecule has 1 fully saturated rings. The van der Waals surface area contributed by atoms with Crippen LogP contribution in [0.25, 0.3) is 0 Å². The molecule has 2 heterocycles. The molecule has 4 rings (SSSR count). The van der Waals surface area contributed by atoms with Gasteiger partial charge in [-0.05, 0) is 63.5 Å². The van der Waals surface area contributed by atoms with Crippen LogP contribution < -0.4 is 14.8 Å². The number of carbonyl (C=O) groups is 1. The molecule has 1 aromatic heterocycles. The summed E-state index contributed by atoms with van der Waals surface area (Å²) in [5.74, 6) is 1.75. The first-order valence-electron chi connectivity index (χ1n) is 12.2. The molecule has 184 valence electrons. The van der Waals surface area contributed by atoms with Gasteiger partial charge in [-0.1, -0.05) is 42.0 Å². The number of aryl methyl sites for hydroxylation is 2. The molecule has 6 heteroatoms. The minimum atomic E-state index is -0.0587. The molecule has 0 bridgehead atoms. The first-order valence-corrected chi connectivity index (χ1v) is 12.2. The van der Waals surface area contributed by atoms with Crippen LogP contribution in [0.3, 0.4) is 0 Å². The summed E-state index contributed by atoms with van der Waals surface area (Å²) in [7, 11) is 3.35. The van der Waals surface area contributed by atoms with Crippen molar-refractivity contribution in [3.05, 3.63) is 88.2 Å². The Kier molecular flexibility index (Phi) is 8.03. The van der Waals surface area contributed by atoms with Gasteiger partial charge in [-0.2, -0.15) is 0 Å². The normalized spacial score (nSPS) is 14.5. The summed E-state index contributed by atoms with van der Waals surface area (Å²) in [4.78, 5) is 20.4. The van der Waals surface area contributed by atoms with Crippen LogP contribution in [0.1, 0.15) is 57.2 Å². The van der Waals surface area contributed by atoms with Gasteiger partial charge in [0.05, 0.1) is 25.5 Å². The fraction of sp³-hybridized carbons (Fsp3) is 0.379. The SMILES string of the molecule is COc1cccc(CN2CCC(c3nc(C)ccc3C(=O)NCc3ccc(C)cc3)CC2)c1OC. The summed E-state index contributed by atoms with van der Waals surface area (Å²) < 4.78 is 11.1. The first-order chi connectivity index (χ1) is 17.0. The van der Waals surface area contributed by atoms with E-state index < -0.39 is 0 Å². The molecule has 2 aromatic carbocycles. The van der Waals surface area contributed by atoms with Crippen LogP contribution in [-0.4, -0.2) is 43.1 Å². The van der Waals surface area contributed by atoms with E-state index in [1.54, 1.807) is 14.2 Å². The number of para-hydroxylation sites is 1. The molecule has 35 heavy (non-hydrogen) atoms. The van der Waals surface area contributed by atoms with Crippen molar-refractivity contribution < 1.29 is 14.3 Å². The molecule has 0 aliphatic carbocycles. The van der Waals surface area contributed by atoms with E-state index in [9.17, 15) is 4.79 Å². The van der Waals surface area contributed by atoms with Crippen LogP contribution in [-0.2, 0) is 13.1 Å². The summed E-state index contributed by atoms with van der Waals surface area (Å²) in [6.45, 7) is 7.23. The van der Waals surface area contributed by atoms with Gasteiger partial charge < -0.3 is 14.8 Å². The number of carbonyl (C=O) groups excluding carboxylic acids is 1. The second kappa shape index (κ2) is 11.4. The number of methoxy groups -OCH3 is 2. The number of amides is 1. The van der Waals surface area contributed by atoms with E-state index in [1.807, 2.05) is 31.2 Å². The number of nitrogens with zero attached hydrogens (tertiary/aromatic N) is 2. The molecule has 6 nitrogen and oxygen atoms in total. The lowest BCUT2D eigenvalue weighted by Crippen LogP contribution is -2.34. The Balaban J connectivity index is 1.42. The van der Waals surface area contributed by atoms with Crippen LogP contribution >= 0.6 is 0 Å². The highest BCUT2D eigenvalue weighted by Gasteiger charge is 2.26.